The van der Waals surface area contributed by atoms with Gasteiger partial charge in [0.2, 0.25) is 0 Å². The van der Waals surface area contributed by atoms with Gasteiger partial charge in [-0.05, 0) is 78.5 Å². The minimum atomic E-state index is -0.360. The molecule has 0 aliphatic heterocycles. The van der Waals surface area contributed by atoms with E-state index in [2.05, 4.69) is 43.0 Å². The van der Waals surface area contributed by atoms with E-state index in [1.807, 2.05) is 78.9 Å². The normalized spacial score (nSPS) is 11.7. The van der Waals surface area contributed by atoms with Crippen molar-refractivity contribution in [2.45, 2.75) is 13.8 Å². The zero-order valence-corrected chi connectivity index (χ0v) is 26.3. The van der Waals surface area contributed by atoms with E-state index in [0.717, 1.165) is 70.6 Å². The van der Waals surface area contributed by atoms with E-state index >= 15 is 0 Å². The first-order chi connectivity index (χ1) is 22.0. The smallest absolute Gasteiger partial charge is 0.345 e. The van der Waals surface area contributed by atoms with Crippen LogP contribution in [0.25, 0.3) is 74.1 Å². The summed E-state index contributed by atoms with van der Waals surface area (Å²) < 4.78 is 11.8. The highest BCUT2D eigenvalue weighted by Gasteiger charge is 2.18. The average molecular weight is 626 g/mol. The molecule has 0 saturated carbocycles. The van der Waals surface area contributed by atoms with Crippen molar-refractivity contribution in [3.63, 3.8) is 0 Å². The van der Waals surface area contributed by atoms with Crippen LogP contribution in [0.1, 0.15) is 13.8 Å². The van der Waals surface area contributed by atoms with E-state index in [-0.39, 0.29) is 11.3 Å². The lowest BCUT2D eigenvalue weighted by Gasteiger charge is -2.20. The highest BCUT2D eigenvalue weighted by atomic mass is 32.1. The summed E-state index contributed by atoms with van der Waals surface area (Å²) in [5.41, 5.74) is 2.60. The molecule has 8 aromatic rings. The zero-order valence-electron chi connectivity index (χ0n) is 24.6. The van der Waals surface area contributed by atoms with E-state index in [1.54, 1.807) is 0 Å². The SMILES string of the molecule is CCN(CC)c1ccc2cc(-c3ccc(-c4ccc(-c5cc6c7ccccc7c7ccccc7c6oc5=O)s4)s3)c(=O)oc2c1. The Morgan fingerprint density at radius 2 is 1.09 bits per heavy atom. The van der Waals surface area contributed by atoms with Crippen LogP contribution in [-0.2, 0) is 0 Å². The molecule has 45 heavy (non-hydrogen) atoms. The van der Waals surface area contributed by atoms with Crippen LogP contribution in [-0.4, -0.2) is 13.1 Å². The fourth-order valence-corrected chi connectivity index (χ4v) is 8.31. The molecule has 0 aliphatic rings. The maximum Gasteiger partial charge on any atom is 0.345 e. The quantitative estimate of drug-likeness (QED) is 0.136. The summed E-state index contributed by atoms with van der Waals surface area (Å²) in [5.74, 6) is 0. The van der Waals surface area contributed by atoms with Crippen LogP contribution in [0.15, 0.2) is 122 Å². The predicted octanol–water partition coefficient (Wildman–Crippen LogP) is 10.2. The minimum absolute atomic E-state index is 0.354. The van der Waals surface area contributed by atoms with E-state index in [9.17, 15) is 9.59 Å². The van der Waals surface area contributed by atoms with E-state index in [1.165, 1.54) is 22.7 Å². The first-order valence-electron chi connectivity index (χ1n) is 14.9. The number of thiophene rings is 2. The fourth-order valence-electron chi connectivity index (χ4n) is 6.20. The molecule has 0 spiro atoms. The lowest BCUT2D eigenvalue weighted by atomic mass is 9.97. The Hall–Kier alpha value is -4.98. The summed E-state index contributed by atoms with van der Waals surface area (Å²) in [6.07, 6.45) is 0. The van der Waals surface area contributed by atoms with Gasteiger partial charge in [-0.1, -0.05) is 48.5 Å². The molecule has 0 atom stereocenters. The molecular weight excluding hydrogens is 599 g/mol. The van der Waals surface area contributed by atoms with Crippen molar-refractivity contribution in [2.24, 2.45) is 0 Å². The van der Waals surface area contributed by atoms with Crippen LogP contribution in [0.2, 0.25) is 0 Å². The van der Waals surface area contributed by atoms with Gasteiger partial charge in [0.05, 0.1) is 11.1 Å². The van der Waals surface area contributed by atoms with Gasteiger partial charge >= 0.3 is 11.3 Å². The molecule has 0 aliphatic carbocycles. The van der Waals surface area contributed by atoms with Gasteiger partial charge in [-0.15, -0.1) is 22.7 Å². The lowest BCUT2D eigenvalue weighted by Crippen LogP contribution is -2.21. The molecule has 0 amide bonds. The third-order valence-corrected chi connectivity index (χ3v) is 10.9. The van der Waals surface area contributed by atoms with E-state index in [4.69, 9.17) is 8.83 Å². The van der Waals surface area contributed by atoms with Gasteiger partial charge in [0.1, 0.15) is 11.2 Å². The van der Waals surface area contributed by atoms with Crippen molar-refractivity contribution < 1.29 is 8.83 Å². The first-order valence-corrected chi connectivity index (χ1v) is 16.6. The number of hydrogen-bond donors (Lipinski definition) is 0. The second kappa shape index (κ2) is 10.9. The fraction of sp³-hybridized carbons (Fsp3) is 0.105. The second-order valence-electron chi connectivity index (χ2n) is 11.0. The summed E-state index contributed by atoms with van der Waals surface area (Å²) in [5, 5.41) is 5.97. The van der Waals surface area contributed by atoms with E-state index in [0.29, 0.717) is 22.3 Å². The van der Waals surface area contributed by atoms with Crippen molar-refractivity contribution >= 4 is 71.8 Å². The first kappa shape index (κ1) is 27.6. The van der Waals surface area contributed by atoms with Gasteiger partial charge in [0, 0.05) is 60.5 Å². The van der Waals surface area contributed by atoms with Crippen molar-refractivity contribution in [1.29, 1.82) is 0 Å². The lowest BCUT2D eigenvalue weighted by molar-refractivity contribution is 0.563. The summed E-state index contributed by atoms with van der Waals surface area (Å²) in [4.78, 5) is 32.4. The minimum Gasteiger partial charge on any atom is -0.422 e. The predicted molar refractivity (Wildman–Crippen MR) is 189 cm³/mol. The standard InChI is InChI=1S/C38H27NO4S2/c1-3-39(4-2)23-14-13-22-19-29(37(40)42-31(22)20-23)32-15-17-34(44-32)35-18-16-33(45-35)30-21-28-26-11-6-5-9-24(26)25-10-7-8-12-27(25)36(28)43-38(30)41/h5-21H,3-4H2,1-2H3. The number of rotatable bonds is 6. The van der Waals surface area contributed by atoms with Crippen LogP contribution in [0.3, 0.4) is 0 Å². The molecule has 0 saturated heterocycles. The maximum absolute atomic E-state index is 13.4. The Kier molecular flexibility index (Phi) is 6.66. The van der Waals surface area contributed by atoms with Crippen molar-refractivity contribution in [1.82, 2.24) is 0 Å². The Morgan fingerprint density at radius 3 is 1.73 bits per heavy atom. The molecule has 4 aromatic carbocycles. The van der Waals surface area contributed by atoms with Crippen molar-refractivity contribution in [3.05, 3.63) is 124 Å². The number of benzene rings is 4. The molecule has 0 bridgehead atoms. The van der Waals surface area contributed by atoms with E-state index < -0.39 is 0 Å². The molecule has 7 heteroatoms. The van der Waals surface area contributed by atoms with Crippen molar-refractivity contribution in [2.75, 3.05) is 18.0 Å². The summed E-state index contributed by atoms with van der Waals surface area (Å²) in [6.45, 7) is 5.98. The number of hydrogen-bond acceptors (Lipinski definition) is 7. The van der Waals surface area contributed by atoms with Crippen LogP contribution in [0, 0.1) is 0 Å². The molecule has 8 rings (SSSR count). The van der Waals surface area contributed by atoms with Gasteiger partial charge in [0.15, 0.2) is 0 Å². The average Bonchev–Trinajstić information content (AvgIpc) is 3.76. The van der Waals surface area contributed by atoms with Gasteiger partial charge in [-0.25, -0.2) is 9.59 Å². The van der Waals surface area contributed by atoms with Gasteiger partial charge in [0.25, 0.3) is 0 Å². The Morgan fingerprint density at radius 1 is 0.556 bits per heavy atom. The summed E-state index contributed by atoms with van der Waals surface area (Å²) in [7, 11) is 0. The molecule has 0 fully saturated rings. The summed E-state index contributed by atoms with van der Waals surface area (Å²) >= 11 is 3.08. The molecular formula is C38H27NO4S2. The molecule has 220 valence electrons. The Bertz CT molecular complexity index is 2530. The molecule has 0 unspecified atom stereocenters. The maximum atomic E-state index is 13.4. The van der Waals surface area contributed by atoms with Gasteiger partial charge in [-0.3, -0.25) is 0 Å². The highest BCUT2D eigenvalue weighted by Crippen LogP contribution is 2.41. The van der Waals surface area contributed by atoms with Crippen LogP contribution < -0.4 is 16.2 Å². The molecule has 4 heterocycles. The topological polar surface area (TPSA) is 63.7 Å². The highest BCUT2D eigenvalue weighted by molar-refractivity contribution is 7.25. The summed E-state index contributed by atoms with van der Waals surface area (Å²) in [6, 6.07) is 34.2. The van der Waals surface area contributed by atoms with Crippen LogP contribution in [0.4, 0.5) is 5.69 Å². The number of anilines is 1. The largest absolute Gasteiger partial charge is 0.422 e. The Balaban J connectivity index is 1.17. The Labute approximate surface area is 266 Å². The van der Waals surface area contributed by atoms with Crippen molar-refractivity contribution in [3.8, 4) is 30.6 Å². The third-order valence-electron chi connectivity index (χ3n) is 8.46. The molecule has 0 radical (unpaired) electrons. The monoisotopic (exact) mass is 625 g/mol. The second-order valence-corrected chi connectivity index (χ2v) is 13.1. The van der Waals surface area contributed by atoms with Crippen LogP contribution >= 0.6 is 22.7 Å². The molecule has 0 N–H and O–H groups in total. The van der Waals surface area contributed by atoms with Gasteiger partial charge < -0.3 is 13.7 Å². The van der Waals surface area contributed by atoms with Crippen LogP contribution in [0.5, 0.6) is 0 Å². The zero-order chi connectivity index (χ0) is 30.7. The van der Waals surface area contributed by atoms with Gasteiger partial charge in [-0.2, -0.15) is 0 Å². The number of nitrogens with zero attached hydrogens (tertiary/aromatic N) is 1. The molecule has 4 aromatic heterocycles. The molecule has 5 nitrogen and oxygen atoms in total. The third kappa shape index (κ3) is 4.58. The number of fused-ring (bicyclic) bond motifs is 7.